The molecule has 5 N–H and O–H groups in total. The predicted octanol–water partition coefficient (Wildman–Crippen LogP) is 3.76. The molecule has 0 spiro atoms. The number of nitrogens with two attached hydrogens (primary N) is 2. The van der Waals surface area contributed by atoms with E-state index in [0.29, 0.717) is 33.7 Å². The highest BCUT2D eigenvalue weighted by Gasteiger charge is 2.17. The first-order valence-corrected chi connectivity index (χ1v) is 11.6. The number of nitrogen functional groups attached to an aromatic ring is 2. The molecule has 4 aromatic rings. The van der Waals surface area contributed by atoms with E-state index in [1.54, 1.807) is 36.5 Å². The molecule has 2 heterocycles. The van der Waals surface area contributed by atoms with Gasteiger partial charge in [-0.2, -0.15) is 0 Å². The van der Waals surface area contributed by atoms with Gasteiger partial charge in [0, 0.05) is 22.7 Å². The molecule has 0 aliphatic rings. The quantitative estimate of drug-likeness (QED) is 0.374. The Labute approximate surface area is 188 Å². The molecular weight excluding hydrogens is 450 g/mol. The van der Waals surface area contributed by atoms with E-state index in [2.05, 4.69) is 19.7 Å². The number of sulfonamides is 1. The lowest BCUT2D eigenvalue weighted by atomic mass is 10.0. The Kier molecular flexibility index (Phi) is 6.05. The number of alkyl halides is 1. The molecule has 2 aromatic heterocycles. The van der Waals surface area contributed by atoms with Gasteiger partial charge >= 0.3 is 0 Å². The minimum absolute atomic E-state index is 0.161. The second-order valence-electron chi connectivity index (χ2n) is 7.27. The van der Waals surface area contributed by atoms with Crippen LogP contribution in [0.3, 0.4) is 0 Å². The molecule has 2 aromatic carbocycles. The number of anilines is 3. The summed E-state index contributed by atoms with van der Waals surface area (Å²) in [7, 11) is -3.88. The van der Waals surface area contributed by atoms with Gasteiger partial charge < -0.3 is 11.5 Å². The van der Waals surface area contributed by atoms with Crippen molar-refractivity contribution in [2.24, 2.45) is 0 Å². The molecule has 0 bridgehead atoms. The van der Waals surface area contributed by atoms with Crippen molar-refractivity contribution in [2.45, 2.75) is 6.42 Å². The van der Waals surface area contributed by atoms with Gasteiger partial charge in [-0.1, -0.05) is 18.2 Å². The fourth-order valence-corrected chi connectivity index (χ4v) is 4.37. The first-order valence-electron chi connectivity index (χ1n) is 9.92. The number of nitrogens with one attached hydrogen (secondary N) is 1. The summed E-state index contributed by atoms with van der Waals surface area (Å²) in [6.07, 6.45) is 1.37. The van der Waals surface area contributed by atoms with Crippen molar-refractivity contribution in [3.05, 3.63) is 60.5 Å². The standard InChI is InChI=1S/C22H20F2N6O2S/c23-9-2-10-33(31,32)30-18-4-1-3-15(20(18)24)13-5-7-17-16(11-13)21(26)29-22(28-17)14-6-8-19(25)27-12-14/h1,3-8,11-12,30H,2,9-10H2,(H2,25,27)(H2,26,28,29). The Morgan fingerprint density at radius 2 is 1.79 bits per heavy atom. The Bertz CT molecular complexity index is 1430. The second-order valence-corrected chi connectivity index (χ2v) is 9.11. The molecule has 0 aliphatic carbocycles. The maximum atomic E-state index is 15.1. The van der Waals surface area contributed by atoms with E-state index in [-0.39, 0.29) is 23.5 Å². The van der Waals surface area contributed by atoms with Crippen LogP contribution in [0.25, 0.3) is 33.4 Å². The molecule has 0 amide bonds. The normalized spacial score (nSPS) is 11.6. The van der Waals surface area contributed by atoms with E-state index in [4.69, 9.17) is 11.5 Å². The Balaban J connectivity index is 1.71. The van der Waals surface area contributed by atoms with Gasteiger partial charge in [0.05, 0.1) is 23.6 Å². The molecule has 11 heteroatoms. The number of aromatic nitrogens is 3. The number of nitrogens with zero attached hydrogens (tertiary/aromatic N) is 3. The van der Waals surface area contributed by atoms with Gasteiger partial charge in [-0.05, 0) is 42.3 Å². The smallest absolute Gasteiger partial charge is 0.232 e. The molecular formula is C22H20F2N6O2S. The molecule has 0 unspecified atom stereocenters. The van der Waals surface area contributed by atoms with Gasteiger partial charge in [0.2, 0.25) is 10.0 Å². The van der Waals surface area contributed by atoms with Crippen LogP contribution >= 0.6 is 0 Å². The summed E-state index contributed by atoms with van der Waals surface area (Å²) < 4.78 is 53.8. The van der Waals surface area contributed by atoms with Crippen LogP contribution in [0.5, 0.6) is 0 Å². The highest BCUT2D eigenvalue weighted by atomic mass is 32.2. The Morgan fingerprint density at radius 1 is 1.00 bits per heavy atom. The summed E-state index contributed by atoms with van der Waals surface area (Å²) in [6.45, 7) is -0.777. The summed E-state index contributed by atoms with van der Waals surface area (Å²) in [5.41, 5.74) is 13.4. The minimum atomic E-state index is -3.88. The van der Waals surface area contributed by atoms with Crippen LogP contribution in [0, 0.1) is 5.82 Å². The summed E-state index contributed by atoms with van der Waals surface area (Å²) in [5, 5.41) is 0.507. The van der Waals surface area contributed by atoms with Gasteiger partial charge in [0.15, 0.2) is 11.6 Å². The number of halogens is 2. The topological polar surface area (TPSA) is 137 Å². The van der Waals surface area contributed by atoms with Gasteiger partial charge in [-0.25, -0.2) is 27.8 Å². The SMILES string of the molecule is Nc1ccc(-c2nc(N)c3cc(-c4cccc(NS(=O)(=O)CCCF)c4F)ccc3n2)cn1. The molecule has 0 saturated heterocycles. The van der Waals surface area contributed by atoms with Crippen LogP contribution < -0.4 is 16.2 Å². The number of hydrogen-bond acceptors (Lipinski definition) is 7. The van der Waals surface area contributed by atoms with E-state index in [9.17, 15) is 12.8 Å². The lowest BCUT2D eigenvalue weighted by molar-refractivity contribution is 0.484. The van der Waals surface area contributed by atoms with Gasteiger partial charge in [0.25, 0.3) is 0 Å². The zero-order chi connectivity index (χ0) is 23.6. The number of rotatable bonds is 7. The molecule has 0 aliphatic heterocycles. The van der Waals surface area contributed by atoms with Crippen LogP contribution in [-0.4, -0.2) is 35.8 Å². The van der Waals surface area contributed by atoms with Gasteiger partial charge in [0.1, 0.15) is 11.6 Å². The first-order chi connectivity index (χ1) is 15.8. The fraction of sp³-hybridized carbons (Fsp3) is 0.136. The highest BCUT2D eigenvalue weighted by molar-refractivity contribution is 7.92. The number of fused-ring (bicyclic) bond motifs is 1. The van der Waals surface area contributed by atoms with Crippen molar-refractivity contribution in [3.63, 3.8) is 0 Å². The van der Waals surface area contributed by atoms with Gasteiger partial charge in [-0.15, -0.1) is 0 Å². The van der Waals surface area contributed by atoms with Crippen molar-refractivity contribution >= 4 is 38.2 Å². The maximum Gasteiger partial charge on any atom is 0.232 e. The molecule has 4 rings (SSSR count). The average Bonchev–Trinajstić information content (AvgIpc) is 2.79. The molecule has 8 nitrogen and oxygen atoms in total. The van der Waals surface area contributed by atoms with Crippen molar-refractivity contribution < 1.29 is 17.2 Å². The number of hydrogen-bond donors (Lipinski definition) is 3. The lowest BCUT2D eigenvalue weighted by Crippen LogP contribution is -2.18. The summed E-state index contributed by atoms with van der Waals surface area (Å²) in [5.74, 6) is -0.271. The van der Waals surface area contributed by atoms with Crippen LogP contribution in [0.15, 0.2) is 54.7 Å². The van der Waals surface area contributed by atoms with E-state index in [1.165, 1.54) is 18.2 Å². The second kappa shape index (κ2) is 8.94. The molecule has 0 radical (unpaired) electrons. The van der Waals surface area contributed by atoms with Crippen molar-refractivity contribution in [2.75, 3.05) is 28.6 Å². The third kappa shape index (κ3) is 4.82. The van der Waals surface area contributed by atoms with E-state index in [1.807, 2.05) is 0 Å². The van der Waals surface area contributed by atoms with Crippen molar-refractivity contribution in [1.29, 1.82) is 0 Å². The molecule has 0 atom stereocenters. The third-order valence-corrected chi connectivity index (χ3v) is 6.25. The van der Waals surface area contributed by atoms with Crippen LogP contribution in [-0.2, 0) is 10.0 Å². The maximum absolute atomic E-state index is 15.1. The minimum Gasteiger partial charge on any atom is -0.384 e. The number of benzene rings is 2. The predicted molar refractivity (Wildman–Crippen MR) is 125 cm³/mol. The molecule has 0 saturated carbocycles. The summed E-state index contributed by atoms with van der Waals surface area (Å²) in [6, 6.07) is 12.7. The molecule has 0 fully saturated rings. The third-order valence-electron chi connectivity index (χ3n) is 4.89. The summed E-state index contributed by atoms with van der Waals surface area (Å²) in [4.78, 5) is 12.8. The first kappa shape index (κ1) is 22.3. The van der Waals surface area contributed by atoms with Crippen molar-refractivity contribution in [1.82, 2.24) is 15.0 Å². The van der Waals surface area contributed by atoms with Crippen LogP contribution in [0.2, 0.25) is 0 Å². The molecule has 170 valence electrons. The van der Waals surface area contributed by atoms with Gasteiger partial charge in [-0.3, -0.25) is 9.11 Å². The zero-order valence-corrected chi connectivity index (χ0v) is 18.1. The Hall–Kier alpha value is -3.86. The Morgan fingerprint density at radius 3 is 2.52 bits per heavy atom. The van der Waals surface area contributed by atoms with Crippen molar-refractivity contribution in [3.8, 4) is 22.5 Å². The highest BCUT2D eigenvalue weighted by Crippen LogP contribution is 2.32. The number of pyridine rings is 1. The van der Waals surface area contributed by atoms with Crippen LogP contribution in [0.1, 0.15) is 6.42 Å². The van der Waals surface area contributed by atoms with E-state index in [0.717, 1.165) is 0 Å². The zero-order valence-electron chi connectivity index (χ0n) is 17.3. The average molecular weight is 471 g/mol. The van der Waals surface area contributed by atoms with E-state index >= 15 is 4.39 Å². The lowest BCUT2D eigenvalue weighted by Gasteiger charge is -2.12. The monoisotopic (exact) mass is 470 g/mol. The largest absolute Gasteiger partial charge is 0.384 e. The van der Waals surface area contributed by atoms with Crippen LogP contribution in [0.4, 0.5) is 26.1 Å². The fourth-order valence-electron chi connectivity index (χ4n) is 3.28. The molecule has 33 heavy (non-hydrogen) atoms. The summed E-state index contributed by atoms with van der Waals surface area (Å²) >= 11 is 0. The van der Waals surface area contributed by atoms with E-state index < -0.39 is 28.3 Å².